The van der Waals surface area contributed by atoms with Gasteiger partial charge in [0.2, 0.25) is 5.16 Å². The quantitative estimate of drug-likeness (QED) is 0.0540. The molecule has 53 heavy (non-hydrogen) atoms. The van der Waals surface area contributed by atoms with E-state index in [2.05, 4.69) is 20.8 Å². The molecule has 0 radical (unpaired) electrons. The number of ketones is 2. The largest absolute Gasteiger partial charge is 0.483 e. The Hall–Kier alpha value is -4.95. The monoisotopic (exact) mass is 768 g/mol. The number of aliphatic hydroxyl groups excluding tert-OH is 1. The van der Waals surface area contributed by atoms with Crippen molar-refractivity contribution in [3.63, 3.8) is 0 Å². The predicted octanol–water partition coefficient (Wildman–Crippen LogP) is 0.784. The third-order valence-corrected chi connectivity index (χ3v) is 10.8. The van der Waals surface area contributed by atoms with E-state index in [1.165, 1.54) is 40.3 Å². The van der Waals surface area contributed by atoms with Crippen LogP contribution in [-0.4, -0.2) is 111 Å². The van der Waals surface area contributed by atoms with E-state index in [1.54, 1.807) is 43.4 Å². The van der Waals surface area contributed by atoms with Crippen molar-refractivity contribution < 1.29 is 44.1 Å². The van der Waals surface area contributed by atoms with Gasteiger partial charge in [0.15, 0.2) is 17.7 Å². The molecule has 0 bridgehead atoms. The number of carboxylic acids is 1. The van der Waals surface area contributed by atoms with Gasteiger partial charge in [0.25, 0.3) is 18.3 Å². The number of hydrogen-bond donors (Lipinski definition) is 6. The first kappa shape index (κ1) is 40.8. The molecule has 17 nitrogen and oxygen atoms in total. The fourth-order valence-corrected chi connectivity index (χ4v) is 8.24. The number of nitrogens with zero attached hydrogens (tertiary/aromatic N) is 5. The van der Waals surface area contributed by atoms with Gasteiger partial charge in [-0.2, -0.15) is 0 Å². The van der Waals surface area contributed by atoms with Crippen molar-refractivity contribution in [3.8, 4) is 0 Å². The average Bonchev–Trinajstić information content (AvgIpc) is 3.55. The molecule has 19 heteroatoms. The highest BCUT2D eigenvalue weighted by Gasteiger charge is 2.54. The lowest BCUT2D eigenvalue weighted by atomic mass is 9.89. The Labute approximate surface area is 312 Å². The number of aliphatic carboxylic acids is 1. The lowest BCUT2D eigenvalue weighted by molar-refractivity contribution is -0.151. The second kappa shape index (κ2) is 18.2. The van der Waals surface area contributed by atoms with Crippen LogP contribution in [0, 0.1) is 5.92 Å². The number of nitrogens with one attached hydrogen (secondary N) is 1. The second-order valence-corrected chi connectivity index (χ2v) is 14.6. The number of amides is 2. The minimum atomic E-state index is -1.85. The van der Waals surface area contributed by atoms with E-state index < -0.39 is 53.2 Å². The smallest absolute Gasteiger partial charge is 0.352 e. The van der Waals surface area contributed by atoms with Crippen LogP contribution in [0.4, 0.5) is 0 Å². The maximum atomic E-state index is 13.6. The molecule has 3 heterocycles. The van der Waals surface area contributed by atoms with Gasteiger partial charge in [-0.3, -0.25) is 28.9 Å². The summed E-state index contributed by atoms with van der Waals surface area (Å²) >= 11 is 2.51. The van der Waals surface area contributed by atoms with E-state index in [0.29, 0.717) is 28.3 Å². The highest BCUT2D eigenvalue weighted by Crippen LogP contribution is 2.41. The van der Waals surface area contributed by atoms with Crippen molar-refractivity contribution in [2.24, 2.45) is 24.4 Å². The standard InChI is InChI=1S/C33H38N8O7S2.CH2O2/c1-16(2)12-22(34)26(42)19-9-5-4-8-17(19)13-23(35)27(43)20-10-6-7-11-21(20)28(44)29(45)36-24-30(46)41-25(32(47)48)18(14-49-31(24)41)15-50-33-37-38-39-40(33)3;2-1-3/h4-11,16,22-24,28,31,44H,12-15,34-35H2,1-3H3,(H,36,45)(H,47,48);1H,(H,2,3)/t22-,23-,24?,28?,31-;/m0./s1. The summed E-state index contributed by atoms with van der Waals surface area (Å²) in [6.45, 7) is 3.69. The first-order valence-electron chi connectivity index (χ1n) is 16.3. The summed E-state index contributed by atoms with van der Waals surface area (Å²) in [5.41, 5.74) is 13.8. The van der Waals surface area contributed by atoms with Crippen molar-refractivity contribution in [1.29, 1.82) is 0 Å². The van der Waals surface area contributed by atoms with E-state index in [-0.39, 0.29) is 52.9 Å². The molecule has 1 saturated heterocycles. The first-order valence-corrected chi connectivity index (χ1v) is 18.3. The summed E-state index contributed by atoms with van der Waals surface area (Å²) in [5.74, 6) is -2.96. The van der Waals surface area contributed by atoms with Crippen molar-refractivity contribution in [2.45, 2.75) is 61.4 Å². The number of fused-ring (bicyclic) bond motifs is 1. The Morgan fingerprint density at radius 2 is 1.68 bits per heavy atom. The van der Waals surface area contributed by atoms with Gasteiger partial charge in [-0.05, 0) is 40.3 Å². The van der Waals surface area contributed by atoms with Crippen LogP contribution in [0.15, 0.2) is 65.0 Å². The van der Waals surface area contributed by atoms with Crippen molar-refractivity contribution >= 4 is 59.3 Å². The van der Waals surface area contributed by atoms with Gasteiger partial charge in [-0.1, -0.05) is 74.1 Å². The van der Waals surface area contributed by atoms with E-state index in [0.717, 1.165) is 4.90 Å². The van der Waals surface area contributed by atoms with Crippen LogP contribution in [0.1, 0.15) is 58.2 Å². The number of carbonyl (C=O) groups is 6. The van der Waals surface area contributed by atoms with Gasteiger partial charge in [-0.15, -0.1) is 16.9 Å². The Morgan fingerprint density at radius 3 is 2.30 bits per heavy atom. The topological polar surface area (TPSA) is 274 Å². The van der Waals surface area contributed by atoms with Crippen LogP contribution in [0.2, 0.25) is 0 Å². The fourth-order valence-electron chi connectivity index (χ4n) is 5.91. The van der Waals surface area contributed by atoms with Crippen LogP contribution in [0.25, 0.3) is 0 Å². The summed E-state index contributed by atoms with van der Waals surface area (Å²) in [6, 6.07) is 9.85. The summed E-state index contributed by atoms with van der Waals surface area (Å²) in [7, 11) is 1.65. The van der Waals surface area contributed by atoms with Gasteiger partial charge < -0.3 is 32.1 Å². The maximum Gasteiger partial charge on any atom is 0.352 e. The van der Waals surface area contributed by atoms with Gasteiger partial charge >= 0.3 is 5.97 Å². The predicted molar refractivity (Wildman–Crippen MR) is 194 cm³/mol. The second-order valence-electron chi connectivity index (χ2n) is 12.6. The molecule has 5 atom stereocenters. The number of β-lactam (4-membered cyclic amide) rings is 1. The first-order chi connectivity index (χ1) is 25.2. The lowest BCUT2D eigenvalue weighted by Crippen LogP contribution is -2.70. The maximum absolute atomic E-state index is 13.6. The summed E-state index contributed by atoms with van der Waals surface area (Å²) < 4.78 is 1.45. The number of rotatable bonds is 15. The van der Waals surface area contributed by atoms with E-state index in [9.17, 15) is 34.2 Å². The summed E-state index contributed by atoms with van der Waals surface area (Å²) in [5, 5.41) is 41.5. The summed E-state index contributed by atoms with van der Waals surface area (Å²) in [6.07, 6.45) is -1.34. The van der Waals surface area contributed by atoms with Gasteiger partial charge in [-0.25, -0.2) is 9.48 Å². The number of carbonyl (C=O) groups excluding carboxylic acids is 4. The normalized spacial score (nSPS) is 18.2. The molecular weight excluding hydrogens is 729 g/mol. The number of aryl methyl sites for hydroxylation is 1. The Balaban J connectivity index is 0.00000202. The number of nitrogens with two attached hydrogens (primary N) is 2. The Bertz CT molecular complexity index is 1900. The molecule has 2 aliphatic rings. The number of tetrazole rings is 1. The van der Waals surface area contributed by atoms with E-state index in [1.807, 2.05) is 13.8 Å². The van der Waals surface area contributed by atoms with Crippen molar-refractivity contribution in [3.05, 3.63) is 82.1 Å². The number of aromatic nitrogens is 4. The number of carboxylic acid groups (broad SMARTS) is 2. The third-order valence-electron chi connectivity index (χ3n) is 8.40. The highest BCUT2D eigenvalue weighted by molar-refractivity contribution is 8.01. The summed E-state index contributed by atoms with van der Waals surface area (Å²) in [4.78, 5) is 75.0. The molecule has 2 amide bonds. The van der Waals surface area contributed by atoms with Crippen molar-refractivity contribution in [2.75, 3.05) is 11.5 Å². The molecule has 0 aliphatic carbocycles. The minimum Gasteiger partial charge on any atom is -0.483 e. The zero-order chi connectivity index (χ0) is 39.0. The van der Waals surface area contributed by atoms with Gasteiger partial charge in [0.1, 0.15) is 17.1 Å². The number of hydrogen-bond acceptors (Lipinski definition) is 14. The molecular formula is C34H40N8O9S2. The highest BCUT2D eigenvalue weighted by atomic mass is 32.2. The van der Waals surface area contributed by atoms with E-state index in [4.69, 9.17) is 21.4 Å². The number of thioether (sulfide) groups is 2. The number of aliphatic hydroxyl groups is 1. The lowest BCUT2D eigenvalue weighted by Gasteiger charge is -2.49. The average molecular weight is 769 g/mol. The van der Waals surface area contributed by atoms with Gasteiger partial charge in [0, 0.05) is 35.2 Å². The molecule has 0 spiro atoms. The third kappa shape index (κ3) is 9.35. The zero-order valence-corrected chi connectivity index (χ0v) is 30.6. The molecule has 3 aromatic rings. The van der Waals surface area contributed by atoms with Crippen LogP contribution >= 0.6 is 23.5 Å². The molecule has 0 saturated carbocycles. The fraction of sp³-hybridized carbons (Fsp3) is 0.382. The number of benzene rings is 2. The van der Waals surface area contributed by atoms with Crippen molar-refractivity contribution in [1.82, 2.24) is 30.4 Å². The van der Waals surface area contributed by atoms with Crippen LogP contribution in [0.3, 0.4) is 0 Å². The van der Waals surface area contributed by atoms with Crippen LogP contribution in [0.5, 0.6) is 0 Å². The molecule has 282 valence electrons. The van der Waals surface area contributed by atoms with Crippen LogP contribution in [-0.2, 0) is 32.6 Å². The van der Waals surface area contributed by atoms with E-state index >= 15 is 0 Å². The molecule has 2 aliphatic heterocycles. The minimum absolute atomic E-state index is 0.00644. The molecule has 2 aromatic carbocycles. The van der Waals surface area contributed by atoms with Gasteiger partial charge in [0.05, 0.1) is 12.1 Å². The van der Waals surface area contributed by atoms with Crippen LogP contribution < -0.4 is 16.8 Å². The zero-order valence-electron chi connectivity index (χ0n) is 29.0. The molecule has 8 N–H and O–H groups in total. The molecule has 1 fully saturated rings. The Kier molecular flexibility index (Phi) is 14.0. The molecule has 1 aromatic heterocycles. The number of Topliss-reactive ketones (excluding diaryl/α,β-unsaturated/α-hetero) is 2. The molecule has 5 rings (SSSR count). The molecule has 2 unspecified atom stereocenters. The Morgan fingerprint density at radius 1 is 1.06 bits per heavy atom. The SMILES string of the molecule is CC(C)C[C@H](N)C(=O)c1ccccc1C[C@H](N)C(=O)c1ccccc1C(O)C(=O)NC1C(=O)N2C(C(=O)O)=C(CSc3nnnn3C)CS[C@@H]12.O=CO.